The van der Waals surface area contributed by atoms with Crippen LogP contribution in [0.3, 0.4) is 0 Å². The maximum Gasteiger partial charge on any atom is 0.256 e. The van der Waals surface area contributed by atoms with Crippen molar-refractivity contribution in [1.82, 2.24) is 15.3 Å². The van der Waals surface area contributed by atoms with Crippen molar-refractivity contribution < 1.29 is 9.21 Å². The Morgan fingerprint density at radius 1 is 1.35 bits per heavy atom. The average Bonchev–Trinajstić information content (AvgIpc) is 3.24. The number of nitrogens with zero attached hydrogens (tertiary/aromatic N) is 2. The second kappa shape index (κ2) is 6.97. The summed E-state index contributed by atoms with van der Waals surface area (Å²) in [6.45, 7) is 2.32. The van der Waals surface area contributed by atoms with Crippen molar-refractivity contribution in [3.63, 3.8) is 0 Å². The summed E-state index contributed by atoms with van der Waals surface area (Å²) >= 11 is 3.03. The molecule has 3 aromatic rings. The predicted molar refractivity (Wildman–Crippen MR) is 91.7 cm³/mol. The molecular weight excluding hydrogens is 330 g/mol. The third-order valence-corrected chi connectivity index (χ3v) is 4.78. The van der Waals surface area contributed by atoms with Crippen molar-refractivity contribution in [3.8, 4) is 11.6 Å². The zero-order valence-corrected chi connectivity index (χ0v) is 14.3. The number of aromatic nitrogens is 2. The lowest BCUT2D eigenvalue weighted by Gasteiger charge is -2.11. The SMILES string of the molecule is CSc1nc(-c2ccco2)nc(C)c1C(=O)NCc1cccs1. The Kier molecular flexibility index (Phi) is 4.78. The van der Waals surface area contributed by atoms with Crippen LogP contribution in [0.5, 0.6) is 0 Å². The molecule has 0 saturated heterocycles. The van der Waals surface area contributed by atoms with E-state index in [1.165, 1.54) is 11.8 Å². The second-order valence-electron chi connectivity index (χ2n) is 4.76. The molecule has 3 aromatic heterocycles. The molecule has 0 aromatic carbocycles. The van der Waals surface area contributed by atoms with E-state index in [1.54, 1.807) is 29.7 Å². The quantitative estimate of drug-likeness (QED) is 0.563. The summed E-state index contributed by atoms with van der Waals surface area (Å²) in [4.78, 5) is 22.5. The van der Waals surface area contributed by atoms with Crippen molar-refractivity contribution >= 4 is 29.0 Å². The molecule has 23 heavy (non-hydrogen) atoms. The maximum atomic E-state index is 12.5. The predicted octanol–water partition coefficient (Wildman–Crippen LogP) is 3.76. The Morgan fingerprint density at radius 2 is 2.22 bits per heavy atom. The lowest BCUT2D eigenvalue weighted by molar-refractivity contribution is 0.0946. The first-order valence-corrected chi connectivity index (χ1v) is 9.06. The number of thioether (sulfide) groups is 1. The third-order valence-electron chi connectivity index (χ3n) is 3.22. The third kappa shape index (κ3) is 3.46. The number of hydrogen-bond donors (Lipinski definition) is 1. The van der Waals surface area contributed by atoms with Crippen LogP contribution >= 0.6 is 23.1 Å². The second-order valence-corrected chi connectivity index (χ2v) is 6.58. The molecule has 7 heteroatoms. The Balaban J connectivity index is 1.87. The Bertz CT molecular complexity index is 799. The molecule has 0 aliphatic rings. The van der Waals surface area contributed by atoms with Gasteiger partial charge in [0.15, 0.2) is 11.6 Å². The molecule has 0 fully saturated rings. The summed E-state index contributed by atoms with van der Waals surface area (Å²) in [5.74, 6) is 0.923. The van der Waals surface area contributed by atoms with E-state index in [1.807, 2.05) is 30.7 Å². The summed E-state index contributed by atoms with van der Waals surface area (Å²) in [6, 6.07) is 7.54. The molecule has 0 unspecified atom stereocenters. The van der Waals surface area contributed by atoms with Crippen molar-refractivity contribution in [2.45, 2.75) is 18.5 Å². The zero-order valence-electron chi connectivity index (χ0n) is 12.7. The minimum atomic E-state index is -0.161. The molecule has 0 bridgehead atoms. The van der Waals surface area contributed by atoms with Gasteiger partial charge >= 0.3 is 0 Å². The van der Waals surface area contributed by atoms with Gasteiger partial charge in [-0.25, -0.2) is 9.97 Å². The fraction of sp³-hybridized carbons (Fsp3) is 0.188. The fourth-order valence-corrected chi connectivity index (χ4v) is 3.41. The standard InChI is InChI=1S/C16H15N3O2S2/c1-10-13(15(20)17-9-11-5-4-8-23-11)16(22-2)19-14(18-10)12-6-3-7-21-12/h3-8H,9H2,1-2H3,(H,17,20). The van der Waals surface area contributed by atoms with Gasteiger partial charge in [0.05, 0.1) is 24.1 Å². The first-order chi connectivity index (χ1) is 11.2. The van der Waals surface area contributed by atoms with E-state index >= 15 is 0 Å². The van der Waals surface area contributed by atoms with Crippen LogP contribution in [0.25, 0.3) is 11.6 Å². The molecule has 1 N–H and O–H groups in total. The minimum absolute atomic E-state index is 0.161. The highest BCUT2D eigenvalue weighted by Gasteiger charge is 2.19. The average molecular weight is 345 g/mol. The smallest absolute Gasteiger partial charge is 0.256 e. The van der Waals surface area contributed by atoms with E-state index in [0.29, 0.717) is 34.4 Å². The molecule has 5 nitrogen and oxygen atoms in total. The van der Waals surface area contributed by atoms with E-state index in [4.69, 9.17) is 4.42 Å². The van der Waals surface area contributed by atoms with Crippen molar-refractivity contribution in [2.75, 3.05) is 6.26 Å². The van der Waals surface area contributed by atoms with Crippen LogP contribution < -0.4 is 5.32 Å². The summed E-state index contributed by atoms with van der Waals surface area (Å²) in [7, 11) is 0. The monoisotopic (exact) mass is 345 g/mol. The van der Waals surface area contributed by atoms with Crippen LogP contribution in [0.15, 0.2) is 45.4 Å². The molecule has 1 amide bonds. The molecule has 0 aliphatic carbocycles. The van der Waals surface area contributed by atoms with E-state index in [-0.39, 0.29) is 5.91 Å². The molecular formula is C16H15N3O2S2. The molecule has 0 saturated carbocycles. The van der Waals surface area contributed by atoms with Gasteiger partial charge in [0.1, 0.15) is 5.03 Å². The molecule has 118 valence electrons. The molecule has 0 aliphatic heterocycles. The largest absolute Gasteiger partial charge is 0.461 e. The molecule has 0 radical (unpaired) electrons. The highest BCUT2D eigenvalue weighted by Crippen LogP contribution is 2.25. The van der Waals surface area contributed by atoms with Gasteiger partial charge in [-0.2, -0.15) is 0 Å². The summed E-state index contributed by atoms with van der Waals surface area (Å²) in [5.41, 5.74) is 1.16. The summed E-state index contributed by atoms with van der Waals surface area (Å²) < 4.78 is 5.34. The molecule has 0 spiro atoms. The molecule has 0 atom stereocenters. The van der Waals surface area contributed by atoms with Gasteiger partial charge in [0.2, 0.25) is 0 Å². The van der Waals surface area contributed by atoms with Gasteiger partial charge in [0, 0.05) is 4.88 Å². The van der Waals surface area contributed by atoms with Crippen LogP contribution in [0.2, 0.25) is 0 Å². The van der Waals surface area contributed by atoms with Crippen molar-refractivity contribution in [3.05, 3.63) is 52.0 Å². The Labute approximate surface area is 142 Å². The number of thiophene rings is 1. The summed E-state index contributed by atoms with van der Waals surface area (Å²) in [5, 5.41) is 5.56. The van der Waals surface area contributed by atoms with Gasteiger partial charge in [-0.15, -0.1) is 23.1 Å². The van der Waals surface area contributed by atoms with Crippen LogP contribution in [0.1, 0.15) is 20.9 Å². The number of carbonyl (C=O) groups excluding carboxylic acids is 1. The van der Waals surface area contributed by atoms with E-state index < -0.39 is 0 Å². The fourth-order valence-electron chi connectivity index (χ4n) is 2.14. The van der Waals surface area contributed by atoms with E-state index in [9.17, 15) is 4.79 Å². The van der Waals surface area contributed by atoms with Crippen LogP contribution in [0, 0.1) is 6.92 Å². The normalized spacial score (nSPS) is 10.7. The first-order valence-electron chi connectivity index (χ1n) is 6.96. The van der Waals surface area contributed by atoms with Crippen LogP contribution in [-0.4, -0.2) is 22.1 Å². The van der Waals surface area contributed by atoms with Crippen molar-refractivity contribution in [2.24, 2.45) is 0 Å². The number of furan rings is 1. The van der Waals surface area contributed by atoms with E-state index in [2.05, 4.69) is 15.3 Å². The highest BCUT2D eigenvalue weighted by molar-refractivity contribution is 7.98. The number of amides is 1. The molecule has 3 rings (SSSR count). The van der Waals surface area contributed by atoms with Gasteiger partial charge < -0.3 is 9.73 Å². The summed E-state index contributed by atoms with van der Waals surface area (Å²) in [6.07, 6.45) is 3.47. The first kappa shape index (κ1) is 15.8. The lowest BCUT2D eigenvalue weighted by Crippen LogP contribution is -2.25. The van der Waals surface area contributed by atoms with Crippen molar-refractivity contribution in [1.29, 1.82) is 0 Å². The number of hydrogen-bond acceptors (Lipinski definition) is 6. The van der Waals surface area contributed by atoms with Gasteiger partial charge in [-0.3, -0.25) is 4.79 Å². The van der Waals surface area contributed by atoms with Gasteiger partial charge in [0.25, 0.3) is 5.91 Å². The zero-order chi connectivity index (χ0) is 16.2. The topological polar surface area (TPSA) is 68.0 Å². The number of rotatable bonds is 5. The maximum absolute atomic E-state index is 12.5. The van der Waals surface area contributed by atoms with Crippen LogP contribution in [-0.2, 0) is 6.54 Å². The van der Waals surface area contributed by atoms with Gasteiger partial charge in [-0.1, -0.05) is 6.07 Å². The van der Waals surface area contributed by atoms with Crippen LogP contribution in [0.4, 0.5) is 0 Å². The highest BCUT2D eigenvalue weighted by atomic mass is 32.2. The number of carbonyl (C=O) groups is 1. The molecule has 3 heterocycles. The van der Waals surface area contributed by atoms with E-state index in [0.717, 1.165) is 4.88 Å². The Hall–Kier alpha value is -2.12. The Morgan fingerprint density at radius 3 is 2.87 bits per heavy atom. The lowest BCUT2D eigenvalue weighted by atomic mass is 10.2. The number of nitrogens with one attached hydrogen (secondary N) is 1. The minimum Gasteiger partial charge on any atom is -0.461 e. The number of aryl methyl sites for hydroxylation is 1. The van der Waals surface area contributed by atoms with Gasteiger partial charge in [-0.05, 0) is 36.8 Å².